The zero-order valence-electron chi connectivity index (χ0n) is 10.8. The highest BCUT2D eigenvalue weighted by molar-refractivity contribution is 5.80. The average Bonchev–Trinajstić information content (AvgIpc) is 2.89. The number of hydrogen-bond acceptors (Lipinski definition) is 5. The van der Waals surface area contributed by atoms with E-state index in [2.05, 4.69) is 9.97 Å². The first-order valence-corrected chi connectivity index (χ1v) is 6.19. The molecular formula is C15H11N3O3. The van der Waals surface area contributed by atoms with Gasteiger partial charge in [0.15, 0.2) is 12.2 Å². The molecule has 6 nitrogen and oxygen atoms in total. The van der Waals surface area contributed by atoms with Gasteiger partial charge >= 0.3 is 0 Å². The summed E-state index contributed by atoms with van der Waals surface area (Å²) in [6, 6.07) is 11.9. The Kier molecular flexibility index (Phi) is 3.28. The van der Waals surface area contributed by atoms with Crippen molar-refractivity contribution in [3.05, 3.63) is 53.7 Å². The van der Waals surface area contributed by atoms with Gasteiger partial charge in [-0.2, -0.15) is 5.26 Å². The molecule has 3 rings (SSSR count). The number of nitriles is 1. The average molecular weight is 281 g/mol. The van der Waals surface area contributed by atoms with Crippen LogP contribution < -0.4 is 4.74 Å². The molecule has 0 unspecified atom stereocenters. The molecule has 0 aliphatic rings. The number of H-pyrrole nitrogens is 1. The third kappa shape index (κ3) is 2.56. The van der Waals surface area contributed by atoms with E-state index < -0.39 is 6.29 Å². The second-order valence-corrected chi connectivity index (χ2v) is 4.41. The number of aromatic amines is 1. The summed E-state index contributed by atoms with van der Waals surface area (Å²) in [5.74, 6) is 0.988. The highest BCUT2D eigenvalue weighted by Crippen LogP contribution is 2.28. The van der Waals surface area contributed by atoms with Gasteiger partial charge < -0.3 is 19.9 Å². The minimum atomic E-state index is -1.59. The lowest BCUT2D eigenvalue weighted by atomic mass is 10.2. The van der Waals surface area contributed by atoms with E-state index in [9.17, 15) is 10.2 Å². The summed E-state index contributed by atoms with van der Waals surface area (Å²) in [5, 5.41) is 27.4. The van der Waals surface area contributed by atoms with E-state index in [1.54, 1.807) is 30.3 Å². The molecule has 0 saturated carbocycles. The number of aliphatic hydroxyl groups is 2. The molecule has 0 radical (unpaired) electrons. The SMILES string of the molecule is N#Cc1ccc(Oc2cc3nccc(C(O)O)c3[nH]2)cc1. The molecule has 21 heavy (non-hydrogen) atoms. The maximum absolute atomic E-state index is 9.31. The second kappa shape index (κ2) is 5.25. The van der Waals surface area contributed by atoms with E-state index in [1.807, 2.05) is 6.07 Å². The lowest BCUT2D eigenvalue weighted by Crippen LogP contribution is -1.96. The van der Waals surface area contributed by atoms with Gasteiger partial charge in [-0.3, -0.25) is 4.98 Å². The van der Waals surface area contributed by atoms with Crippen molar-refractivity contribution in [2.45, 2.75) is 6.29 Å². The second-order valence-electron chi connectivity index (χ2n) is 4.41. The predicted molar refractivity (Wildman–Crippen MR) is 74.5 cm³/mol. The quantitative estimate of drug-likeness (QED) is 0.639. The van der Waals surface area contributed by atoms with Gasteiger partial charge in [0.2, 0.25) is 0 Å². The van der Waals surface area contributed by atoms with E-state index in [-0.39, 0.29) is 0 Å². The molecule has 0 aliphatic heterocycles. The minimum absolute atomic E-state index is 0.328. The predicted octanol–water partition coefficient (Wildman–Crippen LogP) is 2.21. The Hall–Kier alpha value is -2.88. The number of ether oxygens (including phenoxy) is 1. The number of aromatic nitrogens is 2. The van der Waals surface area contributed by atoms with E-state index in [1.165, 1.54) is 12.3 Å². The summed E-state index contributed by atoms with van der Waals surface area (Å²) in [4.78, 5) is 7.09. The molecule has 0 fully saturated rings. The molecule has 0 aliphatic carbocycles. The summed E-state index contributed by atoms with van der Waals surface area (Å²) in [6.45, 7) is 0. The fourth-order valence-electron chi connectivity index (χ4n) is 2.02. The monoisotopic (exact) mass is 281 g/mol. The number of hydrogen-bond donors (Lipinski definition) is 3. The van der Waals surface area contributed by atoms with Crippen LogP contribution in [0.25, 0.3) is 11.0 Å². The molecule has 2 aromatic heterocycles. The zero-order valence-corrected chi connectivity index (χ0v) is 10.8. The van der Waals surface area contributed by atoms with E-state index >= 15 is 0 Å². The molecule has 0 spiro atoms. The van der Waals surface area contributed by atoms with E-state index in [0.29, 0.717) is 33.8 Å². The molecular weight excluding hydrogens is 270 g/mol. The summed E-state index contributed by atoms with van der Waals surface area (Å²) in [5.41, 5.74) is 1.96. The van der Waals surface area contributed by atoms with Crippen LogP contribution in [0.1, 0.15) is 17.4 Å². The van der Waals surface area contributed by atoms with Gasteiger partial charge in [-0.15, -0.1) is 0 Å². The number of nitrogens with zero attached hydrogens (tertiary/aromatic N) is 2. The van der Waals surface area contributed by atoms with Crippen LogP contribution in [-0.2, 0) is 0 Å². The highest BCUT2D eigenvalue weighted by Gasteiger charge is 2.12. The maximum atomic E-state index is 9.31. The first kappa shape index (κ1) is 13.1. The Balaban J connectivity index is 1.94. The van der Waals surface area contributed by atoms with Crippen molar-refractivity contribution in [2.24, 2.45) is 0 Å². The summed E-state index contributed by atoms with van der Waals surface area (Å²) < 4.78 is 5.63. The van der Waals surface area contributed by atoms with Gasteiger partial charge in [-0.05, 0) is 30.3 Å². The number of nitrogens with one attached hydrogen (secondary N) is 1. The molecule has 0 amide bonds. The molecule has 3 N–H and O–H groups in total. The minimum Gasteiger partial charge on any atom is -0.441 e. The van der Waals surface area contributed by atoms with Crippen LogP contribution in [0.15, 0.2) is 42.6 Å². The molecule has 0 saturated heterocycles. The Morgan fingerprint density at radius 1 is 1.19 bits per heavy atom. The fourth-order valence-corrected chi connectivity index (χ4v) is 2.02. The van der Waals surface area contributed by atoms with Crippen molar-refractivity contribution in [1.29, 1.82) is 5.26 Å². The molecule has 2 heterocycles. The van der Waals surface area contributed by atoms with Crippen LogP contribution in [0.2, 0.25) is 0 Å². The highest BCUT2D eigenvalue weighted by atomic mass is 16.5. The van der Waals surface area contributed by atoms with Crippen molar-refractivity contribution in [3.63, 3.8) is 0 Å². The topological polar surface area (TPSA) is 102 Å². The van der Waals surface area contributed by atoms with Gasteiger partial charge in [0.25, 0.3) is 0 Å². The van der Waals surface area contributed by atoms with Crippen LogP contribution in [0.3, 0.4) is 0 Å². The maximum Gasteiger partial charge on any atom is 0.200 e. The molecule has 1 aromatic carbocycles. The lowest BCUT2D eigenvalue weighted by Gasteiger charge is -2.04. The molecule has 0 atom stereocenters. The number of rotatable bonds is 3. The van der Waals surface area contributed by atoms with Crippen molar-refractivity contribution in [2.75, 3.05) is 0 Å². The van der Waals surface area contributed by atoms with Crippen molar-refractivity contribution in [1.82, 2.24) is 9.97 Å². The zero-order chi connectivity index (χ0) is 14.8. The number of pyridine rings is 1. The van der Waals surface area contributed by atoms with Crippen LogP contribution in [-0.4, -0.2) is 20.2 Å². The smallest absolute Gasteiger partial charge is 0.200 e. The van der Waals surface area contributed by atoms with E-state index in [4.69, 9.17) is 10.00 Å². The first-order chi connectivity index (χ1) is 10.2. The lowest BCUT2D eigenvalue weighted by molar-refractivity contribution is -0.0414. The van der Waals surface area contributed by atoms with Crippen molar-refractivity contribution in [3.8, 4) is 17.7 Å². The number of aliphatic hydroxyl groups excluding tert-OH is 1. The van der Waals surface area contributed by atoms with Crippen LogP contribution in [0.5, 0.6) is 11.6 Å². The third-order valence-corrected chi connectivity index (χ3v) is 3.02. The van der Waals surface area contributed by atoms with Crippen molar-refractivity contribution < 1.29 is 14.9 Å². The molecule has 3 aromatic rings. The molecule has 104 valence electrons. The Morgan fingerprint density at radius 2 is 1.95 bits per heavy atom. The van der Waals surface area contributed by atoms with Crippen LogP contribution in [0, 0.1) is 11.3 Å². The van der Waals surface area contributed by atoms with Gasteiger partial charge in [0.05, 0.1) is 22.7 Å². The van der Waals surface area contributed by atoms with Crippen LogP contribution >= 0.6 is 0 Å². The van der Waals surface area contributed by atoms with Gasteiger partial charge in [0, 0.05) is 17.8 Å². The Bertz CT molecular complexity index is 816. The molecule has 0 bridgehead atoms. The van der Waals surface area contributed by atoms with Crippen molar-refractivity contribution >= 4 is 11.0 Å². The standard InChI is InChI=1S/C15H11N3O3/c16-8-9-1-3-10(4-2-9)21-13-7-12-14(18-13)11(15(19)20)5-6-17-12/h1-7,15,18-20H. The Labute approximate surface area is 119 Å². The Morgan fingerprint density at radius 3 is 2.62 bits per heavy atom. The van der Waals surface area contributed by atoms with Gasteiger partial charge in [0.1, 0.15) is 5.75 Å². The van der Waals surface area contributed by atoms with Gasteiger partial charge in [-0.25, -0.2) is 0 Å². The largest absolute Gasteiger partial charge is 0.441 e. The van der Waals surface area contributed by atoms with E-state index in [0.717, 1.165) is 0 Å². The number of benzene rings is 1. The summed E-state index contributed by atoms with van der Waals surface area (Å²) >= 11 is 0. The fraction of sp³-hybridized carbons (Fsp3) is 0.0667. The number of fused-ring (bicyclic) bond motifs is 1. The third-order valence-electron chi connectivity index (χ3n) is 3.02. The summed E-state index contributed by atoms with van der Waals surface area (Å²) in [7, 11) is 0. The molecule has 6 heteroatoms. The first-order valence-electron chi connectivity index (χ1n) is 6.19. The normalized spacial score (nSPS) is 10.8. The summed E-state index contributed by atoms with van der Waals surface area (Å²) in [6.07, 6.45) is -0.0897. The van der Waals surface area contributed by atoms with Crippen LogP contribution in [0.4, 0.5) is 0 Å². The van der Waals surface area contributed by atoms with Gasteiger partial charge in [-0.1, -0.05) is 0 Å².